The van der Waals surface area contributed by atoms with Gasteiger partial charge in [-0.3, -0.25) is 4.79 Å². The number of aromatic nitrogens is 2. The Morgan fingerprint density at radius 2 is 2.04 bits per heavy atom. The quantitative estimate of drug-likeness (QED) is 0.669. The lowest BCUT2D eigenvalue weighted by Gasteiger charge is -2.15. The molecule has 132 valence electrons. The molecule has 0 atom stereocenters. The Hall–Kier alpha value is -3.08. The van der Waals surface area contributed by atoms with E-state index in [1.165, 1.54) is 6.92 Å². The number of rotatable bonds is 3. The number of nitrogens with zero attached hydrogens (tertiary/aromatic N) is 2. The summed E-state index contributed by atoms with van der Waals surface area (Å²) < 4.78 is 13.0. The molecule has 1 aromatic carbocycles. The Balaban J connectivity index is 1.91. The van der Waals surface area contributed by atoms with Gasteiger partial charge in [0, 0.05) is 36.7 Å². The van der Waals surface area contributed by atoms with Crippen LogP contribution in [0.3, 0.4) is 0 Å². The topological polar surface area (TPSA) is 52.8 Å². The van der Waals surface area contributed by atoms with Gasteiger partial charge in [0.25, 0.3) is 0 Å². The standard InChI is InChI=1S/C21H20N2O3/c1-14(24)26-21-18(16-8-10-23-11-9-22-20(23)13-16)5-3-4-15-12-17(25-2)6-7-19(15)21/h6-13H,3-5H2,1-2H3. The van der Waals surface area contributed by atoms with E-state index in [9.17, 15) is 4.79 Å². The smallest absolute Gasteiger partial charge is 0.308 e. The lowest BCUT2D eigenvalue weighted by molar-refractivity contribution is -0.134. The van der Waals surface area contributed by atoms with E-state index in [1.807, 2.05) is 47.1 Å². The van der Waals surface area contributed by atoms with Crippen molar-refractivity contribution in [1.82, 2.24) is 9.38 Å². The molecule has 0 aliphatic heterocycles. The van der Waals surface area contributed by atoms with Crippen molar-refractivity contribution < 1.29 is 14.3 Å². The molecule has 2 heterocycles. The molecule has 2 aromatic heterocycles. The van der Waals surface area contributed by atoms with Gasteiger partial charge >= 0.3 is 5.97 Å². The number of aryl methyl sites for hydroxylation is 1. The van der Waals surface area contributed by atoms with Crippen LogP contribution in [0, 0.1) is 0 Å². The summed E-state index contributed by atoms with van der Waals surface area (Å²) in [5.41, 5.74) is 5.03. The molecule has 26 heavy (non-hydrogen) atoms. The highest BCUT2D eigenvalue weighted by Crippen LogP contribution is 2.38. The number of benzene rings is 1. The fourth-order valence-electron chi connectivity index (χ4n) is 3.49. The highest BCUT2D eigenvalue weighted by atomic mass is 16.5. The van der Waals surface area contributed by atoms with Crippen LogP contribution < -0.4 is 4.74 Å². The molecule has 0 bridgehead atoms. The van der Waals surface area contributed by atoms with Crippen molar-refractivity contribution in [2.75, 3.05) is 7.11 Å². The number of esters is 1. The molecule has 0 saturated carbocycles. The van der Waals surface area contributed by atoms with Gasteiger partial charge in [0.05, 0.1) is 7.11 Å². The lowest BCUT2D eigenvalue weighted by Crippen LogP contribution is -2.03. The molecule has 1 aliphatic carbocycles. The fourth-order valence-corrected chi connectivity index (χ4v) is 3.49. The normalized spacial score (nSPS) is 14.1. The number of fused-ring (bicyclic) bond motifs is 2. The van der Waals surface area contributed by atoms with Gasteiger partial charge in [-0.25, -0.2) is 4.98 Å². The van der Waals surface area contributed by atoms with E-state index in [0.717, 1.165) is 52.9 Å². The van der Waals surface area contributed by atoms with E-state index in [2.05, 4.69) is 4.98 Å². The summed E-state index contributed by atoms with van der Waals surface area (Å²) in [6, 6.07) is 9.99. The van der Waals surface area contributed by atoms with E-state index < -0.39 is 0 Å². The number of pyridine rings is 1. The molecule has 5 nitrogen and oxygen atoms in total. The number of imidazole rings is 1. The van der Waals surface area contributed by atoms with Crippen molar-refractivity contribution in [1.29, 1.82) is 0 Å². The average Bonchev–Trinajstić information content (AvgIpc) is 3.04. The molecular weight excluding hydrogens is 328 g/mol. The molecule has 0 N–H and O–H groups in total. The molecule has 3 aromatic rings. The van der Waals surface area contributed by atoms with Gasteiger partial charge in [-0.15, -0.1) is 0 Å². The predicted octanol–water partition coefficient (Wildman–Crippen LogP) is 4.11. The largest absolute Gasteiger partial charge is 0.497 e. The van der Waals surface area contributed by atoms with Crippen molar-refractivity contribution in [3.63, 3.8) is 0 Å². The molecule has 0 fully saturated rings. The minimum Gasteiger partial charge on any atom is -0.497 e. The van der Waals surface area contributed by atoms with Crippen molar-refractivity contribution in [3.05, 3.63) is 65.6 Å². The highest BCUT2D eigenvalue weighted by Gasteiger charge is 2.22. The first-order valence-corrected chi connectivity index (χ1v) is 8.67. The molecule has 0 spiro atoms. The zero-order valence-corrected chi connectivity index (χ0v) is 14.9. The molecule has 0 radical (unpaired) electrons. The highest BCUT2D eigenvalue weighted by molar-refractivity contribution is 5.93. The van der Waals surface area contributed by atoms with Crippen molar-refractivity contribution in [2.24, 2.45) is 0 Å². The number of carbonyl (C=O) groups excluding carboxylic acids is 1. The lowest BCUT2D eigenvalue weighted by atomic mass is 9.99. The first-order chi connectivity index (χ1) is 12.7. The SMILES string of the molecule is COc1ccc2c(c1)CCCC(c1ccn3ccnc3c1)=C2OC(C)=O. The number of methoxy groups -OCH3 is 1. The molecule has 0 unspecified atom stereocenters. The maximum atomic E-state index is 11.8. The third-order valence-electron chi connectivity index (χ3n) is 4.70. The molecule has 0 amide bonds. The Bertz CT molecular complexity index is 1020. The van der Waals surface area contributed by atoms with Crippen LogP contribution in [0.4, 0.5) is 0 Å². The maximum absolute atomic E-state index is 11.8. The second-order valence-electron chi connectivity index (χ2n) is 6.39. The average molecular weight is 348 g/mol. The van der Waals surface area contributed by atoms with Crippen LogP contribution in [0.15, 0.2) is 48.9 Å². The molecular formula is C21H20N2O3. The zero-order chi connectivity index (χ0) is 18.1. The minimum atomic E-state index is -0.317. The van der Waals surface area contributed by atoms with Crippen LogP contribution in [-0.4, -0.2) is 22.5 Å². The first-order valence-electron chi connectivity index (χ1n) is 8.67. The summed E-state index contributed by atoms with van der Waals surface area (Å²) in [4.78, 5) is 16.2. The van der Waals surface area contributed by atoms with Gasteiger partial charge in [0.2, 0.25) is 0 Å². The van der Waals surface area contributed by atoms with Gasteiger partial charge < -0.3 is 13.9 Å². The van der Waals surface area contributed by atoms with Crippen LogP contribution in [0.25, 0.3) is 17.0 Å². The maximum Gasteiger partial charge on any atom is 0.308 e. The van der Waals surface area contributed by atoms with Crippen LogP contribution >= 0.6 is 0 Å². The molecule has 4 rings (SSSR count). The molecule has 0 saturated heterocycles. The minimum absolute atomic E-state index is 0.317. The summed E-state index contributed by atoms with van der Waals surface area (Å²) in [7, 11) is 1.66. The summed E-state index contributed by atoms with van der Waals surface area (Å²) in [6.07, 6.45) is 8.38. The summed E-state index contributed by atoms with van der Waals surface area (Å²) in [6.45, 7) is 1.44. The number of hydrogen-bond acceptors (Lipinski definition) is 4. The Kier molecular flexibility index (Phi) is 4.21. The van der Waals surface area contributed by atoms with Crippen molar-refractivity contribution in [2.45, 2.75) is 26.2 Å². The first kappa shape index (κ1) is 16.4. The summed E-state index contributed by atoms with van der Waals surface area (Å²) >= 11 is 0. The van der Waals surface area contributed by atoms with Crippen LogP contribution in [0.5, 0.6) is 5.75 Å². The van der Waals surface area contributed by atoms with E-state index in [-0.39, 0.29) is 5.97 Å². The number of ether oxygens (including phenoxy) is 2. The van der Waals surface area contributed by atoms with Gasteiger partial charge in [-0.1, -0.05) is 0 Å². The monoisotopic (exact) mass is 348 g/mol. The third-order valence-corrected chi connectivity index (χ3v) is 4.70. The summed E-state index contributed by atoms with van der Waals surface area (Å²) in [5.74, 6) is 1.14. The van der Waals surface area contributed by atoms with Gasteiger partial charge in [-0.2, -0.15) is 0 Å². The van der Waals surface area contributed by atoms with E-state index in [1.54, 1.807) is 13.3 Å². The van der Waals surface area contributed by atoms with Crippen LogP contribution in [0.2, 0.25) is 0 Å². The molecule has 1 aliphatic rings. The summed E-state index contributed by atoms with van der Waals surface area (Å²) in [5, 5.41) is 0. The second kappa shape index (κ2) is 6.67. The third kappa shape index (κ3) is 2.96. The van der Waals surface area contributed by atoms with Gasteiger partial charge in [0.15, 0.2) is 0 Å². The van der Waals surface area contributed by atoms with Crippen molar-refractivity contribution >= 4 is 22.9 Å². The van der Waals surface area contributed by atoms with Crippen molar-refractivity contribution in [3.8, 4) is 5.75 Å². The van der Waals surface area contributed by atoms with E-state index in [0.29, 0.717) is 5.76 Å². The van der Waals surface area contributed by atoms with Crippen LogP contribution in [0.1, 0.15) is 36.5 Å². The second-order valence-corrected chi connectivity index (χ2v) is 6.39. The van der Waals surface area contributed by atoms with E-state index in [4.69, 9.17) is 9.47 Å². The zero-order valence-electron chi connectivity index (χ0n) is 14.9. The number of carbonyl (C=O) groups is 1. The fraction of sp³-hybridized carbons (Fsp3) is 0.238. The number of hydrogen-bond donors (Lipinski definition) is 0. The number of allylic oxidation sites excluding steroid dienone is 1. The predicted molar refractivity (Wildman–Crippen MR) is 99.7 cm³/mol. The molecule has 5 heteroatoms. The van der Waals surface area contributed by atoms with Gasteiger partial charge in [0.1, 0.15) is 17.2 Å². The Morgan fingerprint density at radius 3 is 2.85 bits per heavy atom. The van der Waals surface area contributed by atoms with Gasteiger partial charge in [-0.05, 0) is 60.7 Å². The Morgan fingerprint density at radius 1 is 1.15 bits per heavy atom. The van der Waals surface area contributed by atoms with E-state index >= 15 is 0 Å². The van der Waals surface area contributed by atoms with Crippen LogP contribution in [-0.2, 0) is 16.0 Å². The Labute approximate surface area is 151 Å².